The van der Waals surface area contributed by atoms with Crippen molar-refractivity contribution in [3.63, 3.8) is 0 Å². The zero-order valence-electron chi connectivity index (χ0n) is 11.0. The molecule has 0 saturated heterocycles. The molecule has 0 rings (SSSR count). The van der Waals surface area contributed by atoms with Crippen molar-refractivity contribution < 1.29 is 4.74 Å². The molecule has 0 saturated carbocycles. The molecule has 0 radical (unpaired) electrons. The number of nitrogens with zero attached hydrogens (tertiary/aromatic N) is 2. The van der Waals surface area contributed by atoms with Crippen LogP contribution in [-0.2, 0) is 4.74 Å². The number of halogens is 1. The van der Waals surface area contributed by atoms with E-state index in [1.165, 1.54) is 19.3 Å². The van der Waals surface area contributed by atoms with Gasteiger partial charge in [0.2, 0.25) is 0 Å². The van der Waals surface area contributed by atoms with Crippen molar-refractivity contribution in [2.75, 3.05) is 13.7 Å². The maximum absolute atomic E-state index is 6.26. The number of alkyl halides is 1. The molecule has 3 nitrogen and oxygen atoms in total. The average molecular weight is 249 g/mol. The van der Waals surface area contributed by atoms with Crippen molar-refractivity contribution in [2.24, 2.45) is 10.2 Å². The van der Waals surface area contributed by atoms with Gasteiger partial charge in [-0.25, -0.2) is 0 Å². The van der Waals surface area contributed by atoms with Crippen LogP contribution in [0.15, 0.2) is 10.2 Å². The van der Waals surface area contributed by atoms with E-state index in [0.29, 0.717) is 6.61 Å². The SMILES string of the molecule is CCCCCCC(C)(Cl)N=NC(C)COC. The van der Waals surface area contributed by atoms with Gasteiger partial charge in [0.15, 0.2) is 5.00 Å². The second kappa shape index (κ2) is 8.94. The third-order valence-electron chi connectivity index (χ3n) is 2.36. The number of ether oxygens (including phenoxy) is 1. The van der Waals surface area contributed by atoms with E-state index < -0.39 is 5.00 Å². The summed E-state index contributed by atoms with van der Waals surface area (Å²) in [5.74, 6) is 0. The fourth-order valence-electron chi connectivity index (χ4n) is 1.42. The third kappa shape index (κ3) is 9.10. The Bertz CT molecular complexity index is 195. The molecule has 4 heteroatoms. The highest BCUT2D eigenvalue weighted by Crippen LogP contribution is 2.25. The molecule has 0 aliphatic heterocycles. The molecule has 0 amide bonds. The van der Waals surface area contributed by atoms with E-state index in [9.17, 15) is 0 Å². The summed E-state index contributed by atoms with van der Waals surface area (Å²) in [7, 11) is 1.66. The predicted molar refractivity (Wildman–Crippen MR) is 69.2 cm³/mol. The van der Waals surface area contributed by atoms with E-state index in [1.807, 2.05) is 13.8 Å². The lowest BCUT2D eigenvalue weighted by Crippen LogP contribution is -2.14. The van der Waals surface area contributed by atoms with Gasteiger partial charge >= 0.3 is 0 Å². The van der Waals surface area contributed by atoms with E-state index in [-0.39, 0.29) is 6.04 Å². The number of hydrogen-bond donors (Lipinski definition) is 0. The lowest BCUT2D eigenvalue weighted by atomic mass is 10.1. The summed E-state index contributed by atoms with van der Waals surface area (Å²) in [4.78, 5) is -0.546. The van der Waals surface area contributed by atoms with Crippen LogP contribution >= 0.6 is 11.6 Å². The van der Waals surface area contributed by atoms with Crippen molar-refractivity contribution in [3.05, 3.63) is 0 Å². The summed E-state index contributed by atoms with van der Waals surface area (Å²) in [5, 5.41) is 8.34. The molecule has 0 fully saturated rings. The molecule has 0 aromatic rings. The summed E-state index contributed by atoms with van der Waals surface area (Å²) in [6.45, 7) is 6.68. The van der Waals surface area contributed by atoms with E-state index in [0.717, 1.165) is 12.8 Å². The number of rotatable bonds is 9. The Morgan fingerprint density at radius 3 is 2.56 bits per heavy atom. The molecule has 0 aromatic heterocycles. The quantitative estimate of drug-likeness (QED) is 0.258. The molecule has 0 aliphatic carbocycles. The van der Waals surface area contributed by atoms with Gasteiger partial charge in [-0.1, -0.05) is 37.8 Å². The van der Waals surface area contributed by atoms with Crippen molar-refractivity contribution in [3.8, 4) is 0 Å². The number of azo groups is 1. The van der Waals surface area contributed by atoms with E-state index >= 15 is 0 Å². The average Bonchev–Trinajstić information content (AvgIpc) is 2.22. The fraction of sp³-hybridized carbons (Fsp3) is 1.00. The van der Waals surface area contributed by atoms with Gasteiger partial charge in [0.25, 0.3) is 0 Å². The monoisotopic (exact) mass is 248 g/mol. The first-order chi connectivity index (χ1) is 7.52. The zero-order valence-corrected chi connectivity index (χ0v) is 11.8. The summed E-state index contributed by atoms with van der Waals surface area (Å²) >= 11 is 6.26. The van der Waals surface area contributed by atoms with E-state index in [1.54, 1.807) is 7.11 Å². The zero-order chi connectivity index (χ0) is 12.4. The Morgan fingerprint density at radius 1 is 1.31 bits per heavy atom. The summed E-state index contributed by atoms with van der Waals surface area (Å²) in [6.07, 6.45) is 5.74. The third-order valence-corrected chi connectivity index (χ3v) is 2.62. The summed E-state index contributed by atoms with van der Waals surface area (Å²) in [6, 6.07) is 0.0821. The highest BCUT2D eigenvalue weighted by molar-refractivity contribution is 6.23. The number of unbranched alkanes of at least 4 members (excludes halogenated alkanes) is 3. The Hall–Kier alpha value is -0.150. The van der Waals surface area contributed by atoms with Crippen molar-refractivity contribution >= 4 is 11.6 Å². The Balaban J connectivity index is 3.83. The van der Waals surface area contributed by atoms with Gasteiger partial charge < -0.3 is 4.74 Å². The van der Waals surface area contributed by atoms with Crippen molar-refractivity contribution in [1.82, 2.24) is 0 Å². The first-order valence-electron chi connectivity index (χ1n) is 6.11. The van der Waals surface area contributed by atoms with Gasteiger partial charge in [-0.05, 0) is 26.7 Å². The molecule has 2 atom stereocenters. The van der Waals surface area contributed by atoms with Gasteiger partial charge in [0.1, 0.15) is 0 Å². The Kier molecular flexibility index (Phi) is 8.86. The lowest BCUT2D eigenvalue weighted by molar-refractivity contribution is 0.182. The molecule has 0 N–H and O–H groups in total. The van der Waals surface area contributed by atoms with E-state index in [2.05, 4.69) is 17.2 Å². The molecule has 0 bridgehead atoms. The highest BCUT2D eigenvalue weighted by Gasteiger charge is 2.19. The van der Waals surface area contributed by atoms with Crippen LogP contribution in [0.2, 0.25) is 0 Å². The highest BCUT2D eigenvalue weighted by atomic mass is 35.5. The molecular weight excluding hydrogens is 224 g/mol. The van der Waals surface area contributed by atoms with Gasteiger partial charge in [0.05, 0.1) is 12.6 Å². The second-order valence-corrected chi connectivity index (χ2v) is 5.29. The molecule has 0 heterocycles. The molecule has 0 aliphatic rings. The normalized spacial score (nSPS) is 17.6. The Morgan fingerprint density at radius 2 is 2.00 bits per heavy atom. The minimum absolute atomic E-state index is 0.0821. The van der Waals surface area contributed by atoms with Gasteiger partial charge in [-0.2, -0.15) is 10.2 Å². The minimum atomic E-state index is -0.546. The molecular formula is C12H25ClN2O. The number of methoxy groups -OCH3 is 1. The lowest BCUT2D eigenvalue weighted by Gasteiger charge is -2.16. The number of hydrogen-bond acceptors (Lipinski definition) is 3. The first-order valence-corrected chi connectivity index (χ1v) is 6.49. The van der Waals surface area contributed by atoms with Crippen LogP contribution in [0.5, 0.6) is 0 Å². The van der Waals surface area contributed by atoms with Gasteiger partial charge in [0, 0.05) is 7.11 Å². The summed E-state index contributed by atoms with van der Waals surface area (Å²) in [5.41, 5.74) is 0. The van der Waals surface area contributed by atoms with Crippen LogP contribution < -0.4 is 0 Å². The molecule has 16 heavy (non-hydrogen) atoms. The van der Waals surface area contributed by atoms with Crippen molar-refractivity contribution in [1.29, 1.82) is 0 Å². The summed E-state index contributed by atoms with van der Waals surface area (Å²) < 4.78 is 4.99. The largest absolute Gasteiger partial charge is 0.382 e. The maximum Gasteiger partial charge on any atom is 0.151 e. The standard InChI is InChI=1S/C12H25ClN2O/c1-5-6-7-8-9-12(3,13)15-14-11(2)10-16-4/h11H,5-10H2,1-4H3. The van der Waals surface area contributed by atoms with Crippen LogP contribution in [0.1, 0.15) is 52.9 Å². The Labute approximate surface area is 105 Å². The van der Waals surface area contributed by atoms with Gasteiger partial charge in [-0.15, -0.1) is 0 Å². The van der Waals surface area contributed by atoms with Gasteiger partial charge in [-0.3, -0.25) is 0 Å². The van der Waals surface area contributed by atoms with Crippen LogP contribution in [0.4, 0.5) is 0 Å². The smallest absolute Gasteiger partial charge is 0.151 e. The van der Waals surface area contributed by atoms with Crippen molar-refractivity contribution in [2.45, 2.75) is 63.9 Å². The minimum Gasteiger partial charge on any atom is -0.382 e. The predicted octanol–water partition coefficient (Wildman–Crippen LogP) is 4.40. The van der Waals surface area contributed by atoms with E-state index in [4.69, 9.17) is 16.3 Å². The maximum atomic E-state index is 6.26. The fourth-order valence-corrected chi connectivity index (χ4v) is 1.60. The second-order valence-electron chi connectivity index (χ2n) is 4.47. The van der Waals surface area contributed by atoms with Crippen LogP contribution in [-0.4, -0.2) is 24.8 Å². The first kappa shape index (κ1) is 15.9. The molecule has 0 spiro atoms. The topological polar surface area (TPSA) is 34.0 Å². The van der Waals surface area contributed by atoms with Crippen LogP contribution in [0.3, 0.4) is 0 Å². The molecule has 2 unspecified atom stereocenters. The molecule has 96 valence electrons. The van der Waals surface area contributed by atoms with Crippen LogP contribution in [0, 0.1) is 0 Å². The molecule has 0 aromatic carbocycles. The van der Waals surface area contributed by atoms with Crippen LogP contribution in [0.25, 0.3) is 0 Å².